The van der Waals surface area contributed by atoms with Gasteiger partial charge in [0.2, 0.25) is 5.91 Å². The fraction of sp³-hybridized carbons (Fsp3) is 0.533. The van der Waals surface area contributed by atoms with Crippen LogP contribution in [0.5, 0.6) is 0 Å². The second kappa shape index (κ2) is 9.58. The molecule has 0 aliphatic carbocycles. The second-order valence-electron chi connectivity index (χ2n) is 5.35. The monoisotopic (exact) mass is 306 g/mol. The van der Waals surface area contributed by atoms with Crippen molar-refractivity contribution in [2.45, 2.75) is 26.8 Å². The fourth-order valence-electron chi connectivity index (χ4n) is 1.76. The van der Waals surface area contributed by atoms with Crippen molar-refractivity contribution < 1.29 is 14.0 Å². The first-order chi connectivity index (χ1) is 10.5. The van der Waals surface area contributed by atoms with E-state index in [1.807, 2.05) is 19.9 Å². The highest BCUT2D eigenvalue weighted by Crippen LogP contribution is 2.05. The number of nitrogens with one attached hydrogen (secondary N) is 2. The number of urea groups is 1. The first kappa shape index (κ1) is 17.7. The molecular weight excluding hydrogens is 284 g/mol. The third kappa shape index (κ3) is 7.45. The van der Waals surface area contributed by atoms with Crippen LogP contribution in [0.3, 0.4) is 0 Å². The lowest BCUT2D eigenvalue weighted by Crippen LogP contribution is -2.45. The number of furan rings is 1. The van der Waals surface area contributed by atoms with Crippen LogP contribution in [-0.4, -0.2) is 36.5 Å². The summed E-state index contributed by atoms with van der Waals surface area (Å²) in [4.78, 5) is 25.2. The minimum absolute atomic E-state index is 0.0253. The molecule has 120 valence electrons. The lowest BCUT2D eigenvalue weighted by atomic mass is 10.2. The molecule has 1 aromatic heterocycles. The van der Waals surface area contributed by atoms with E-state index in [0.29, 0.717) is 37.7 Å². The highest BCUT2D eigenvalue weighted by atomic mass is 16.3. The fourth-order valence-corrected chi connectivity index (χ4v) is 1.76. The standard InChI is InChI=1S/C15H22N4O3/c1-12(2)9-17-15(21)18-14(20)11-19(7-4-6-16)10-13-5-3-8-22-13/h3,5,8,12H,4,7,9-11H2,1-2H3,(H2,17,18,20,21). The molecule has 1 rings (SSSR count). The van der Waals surface area contributed by atoms with E-state index < -0.39 is 11.9 Å². The molecule has 0 radical (unpaired) electrons. The van der Waals surface area contributed by atoms with Gasteiger partial charge in [0.1, 0.15) is 5.76 Å². The number of nitrogens with zero attached hydrogens (tertiary/aromatic N) is 2. The number of imide groups is 1. The molecule has 1 aromatic rings. The molecule has 7 nitrogen and oxygen atoms in total. The van der Waals surface area contributed by atoms with E-state index in [1.54, 1.807) is 23.3 Å². The van der Waals surface area contributed by atoms with E-state index in [4.69, 9.17) is 9.68 Å². The van der Waals surface area contributed by atoms with Crippen LogP contribution in [0.1, 0.15) is 26.0 Å². The van der Waals surface area contributed by atoms with Crippen molar-refractivity contribution in [3.8, 4) is 6.07 Å². The molecule has 1 heterocycles. The number of carbonyl (C=O) groups excluding carboxylic acids is 2. The summed E-state index contributed by atoms with van der Waals surface area (Å²) in [5.74, 6) is 0.604. The van der Waals surface area contributed by atoms with E-state index in [9.17, 15) is 9.59 Å². The summed E-state index contributed by atoms with van der Waals surface area (Å²) >= 11 is 0. The number of rotatable bonds is 8. The predicted octanol–water partition coefficient (Wildman–Crippen LogP) is 1.48. The second-order valence-corrected chi connectivity index (χ2v) is 5.35. The maximum atomic E-state index is 11.9. The first-order valence-corrected chi connectivity index (χ1v) is 7.20. The molecule has 0 atom stereocenters. The van der Waals surface area contributed by atoms with Crippen LogP contribution in [0.15, 0.2) is 22.8 Å². The maximum absolute atomic E-state index is 11.9. The lowest BCUT2D eigenvalue weighted by molar-refractivity contribution is -0.121. The minimum Gasteiger partial charge on any atom is -0.468 e. The molecule has 2 N–H and O–H groups in total. The Balaban J connectivity index is 2.44. The molecule has 3 amide bonds. The van der Waals surface area contributed by atoms with Gasteiger partial charge in [0.25, 0.3) is 0 Å². The number of carbonyl (C=O) groups is 2. The Bertz CT molecular complexity index is 505. The van der Waals surface area contributed by atoms with Gasteiger partial charge in [-0.1, -0.05) is 13.8 Å². The van der Waals surface area contributed by atoms with Crippen LogP contribution in [0.2, 0.25) is 0 Å². The molecule has 0 bridgehead atoms. The quantitative estimate of drug-likeness (QED) is 0.758. The van der Waals surface area contributed by atoms with Crippen molar-refractivity contribution in [2.24, 2.45) is 5.92 Å². The SMILES string of the molecule is CC(C)CNC(=O)NC(=O)CN(CCC#N)Cc1ccco1. The van der Waals surface area contributed by atoms with Gasteiger partial charge < -0.3 is 9.73 Å². The summed E-state index contributed by atoms with van der Waals surface area (Å²) in [6.45, 7) is 5.30. The zero-order chi connectivity index (χ0) is 16.4. The molecule has 0 unspecified atom stereocenters. The van der Waals surface area contributed by atoms with Crippen LogP contribution in [0.4, 0.5) is 4.79 Å². The topological polar surface area (TPSA) is 98.4 Å². The van der Waals surface area contributed by atoms with E-state index in [-0.39, 0.29) is 6.54 Å². The predicted molar refractivity (Wildman–Crippen MR) is 80.6 cm³/mol. The van der Waals surface area contributed by atoms with Gasteiger partial charge in [0.15, 0.2) is 0 Å². The van der Waals surface area contributed by atoms with Crippen molar-refractivity contribution in [2.75, 3.05) is 19.6 Å². The smallest absolute Gasteiger partial charge is 0.321 e. The Morgan fingerprint density at radius 3 is 2.82 bits per heavy atom. The highest BCUT2D eigenvalue weighted by molar-refractivity contribution is 5.95. The molecular formula is C15H22N4O3. The van der Waals surface area contributed by atoms with Gasteiger partial charge in [-0.05, 0) is 18.1 Å². The van der Waals surface area contributed by atoms with Crippen LogP contribution in [0, 0.1) is 17.2 Å². The molecule has 7 heteroatoms. The van der Waals surface area contributed by atoms with Gasteiger partial charge in [0.05, 0.1) is 25.4 Å². The molecule has 22 heavy (non-hydrogen) atoms. The number of hydrogen-bond donors (Lipinski definition) is 2. The summed E-state index contributed by atoms with van der Waals surface area (Å²) in [5.41, 5.74) is 0. The molecule has 0 aliphatic rings. The highest BCUT2D eigenvalue weighted by Gasteiger charge is 2.14. The Morgan fingerprint density at radius 2 is 2.23 bits per heavy atom. The average molecular weight is 306 g/mol. The van der Waals surface area contributed by atoms with Crippen molar-refractivity contribution in [3.63, 3.8) is 0 Å². The van der Waals surface area contributed by atoms with Gasteiger partial charge >= 0.3 is 6.03 Å². The Labute approximate surface area is 130 Å². The van der Waals surface area contributed by atoms with Crippen LogP contribution >= 0.6 is 0 Å². The van der Waals surface area contributed by atoms with E-state index >= 15 is 0 Å². The molecule has 0 saturated heterocycles. The summed E-state index contributed by atoms with van der Waals surface area (Å²) in [6.07, 6.45) is 1.85. The summed E-state index contributed by atoms with van der Waals surface area (Å²) in [6, 6.07) is 5.10. The molecule has 0 spiro atoms. The van der Waals surface area contributed by atoms with Gasteiger partial charge in [-0.25, -0.2) is 4.79 Å². The van der Waals surface area contributed by atoms with E-state index in [1.165, 1.54) is 0 Å². The van der Waals surface area contributed by atoms with Gasteiger partial charge in [-0.3, -0.25) is 15.0 Å². The van der Waals surface area contributed by atoms with Gasteiger partial charge in [-0.2, -0.15) is 5.26 Å². The molecule has 0 aliphatic heterocycles. The van der Waals surface area contributed by atoms with Crippen LogP contribution in [0.25, 0.3) is 0 Å². The summed E-state index contributed by atoms with van der Waals surface area (Å²) in [7, 11) is 0. The Morgan fingerprint density at radius 1 is 1.45 bits per heavy atom. The van der Waals surface area contributed by atoms with Crippen LogP contribution < -0.4 is 10.6 Å². The summed E-state index contributed by atoms with van der Waals surface area (Å²) in [5, 5.41) is 13.6. The first-order valence-electron chi connectivity index (χ1n) is 7.20. The third-order valence-corrected chi connectivity index (χ3v) is 2.79. The largest absolute Gasteiger partial charge is 0.468 e. The molecule has 0 fully saturated rings. The molecule has 0 aromatic carbocycles. The van der Waals surface area contributed by atoms with Crippen LogP contribution in [-0.2, 0) is 11.3 Å². The van der Waals surface area contributed by atoms with Crippen molar-refractivity contribution in [1.82, 2.24) is 15.5 Å². The number of nitriles is 1. The van der Waals surface area contributed by atoms with Crippen molar-refractivity contribution >= 4 is 11.9 Å². The summed E-state index contributed by atoms with van der Waals surface area (Å²) < 4.78 is 5.24. The lowest BCUT2D eigenvalue weighted by Gasteiger charge is -2.19. The minimum atomic E-state index is -0.503. The van der Waals surface area contributed by atoms with Crippen molar-refractivity contribution in [1.29, 1.82) is 5.26 Å². The van der Waals surface area contributed by atoms with E-state index in [0.717, 1.165) is 0 Å². The average Bonchev–Trinajstić information content (AvgIpc) is 2.95. The molecule has 0 saturated carbocycles. The van der Waals surface area contributed by atoms with Gasteiger partial charge in [0, 0.05) is 19.5 Å². The van der Waals surface area contributed by atoms with E-state index in [2.05, 4.69) is 10.6 Å². The normalized spacial score (nSPS) is 10.5. The van der Waals surface area contributed by atoms with Crippen molar-refractivity contribution in [3.05, 3.63) is 24.2 Å². The van der Waals surface area contributed by atoms with Gasteiger partial charge in [-0.15, -0.1) is 0 Å². The Kier molecular flexibility index (Phi) is 7.72. The third-order valence-electron chi connectivity index (χ3n) is 2.79. The number of amides is 3. The zero-order valence-corrected chi connectivity index (χ0v) is 13.0. The zero-order valence-electron chi connectivity index (χ0n) is 13.0. The maximum Gasteiger partial charge on any atom is 0.321 e. The number of hydrogen-bond acceptors (Lipinski definition) is 5. The Hall–Kier alpha value is -2.33.